The molecule has 0 bridgehead atoms. The zero-order valence-corrected chi connectivity index (χ0v) is 35.6. The number of ether oxygens (including phenoxy) is 3. The number of nitrogens with two attached hydrogens (primary N) is 1. The Labute approximate surface area is 352 Å². The van der Waals surface area contributed by atoms with Crippen LogP contribution < -0.4 is 21.1 Å². The molecule has 0 radical (unpaired) electrons. The molecule has 59 heavy (non-hydrogen) atoms. The minimum absolute atomic E-state index is 0.0144. The van der Waals surface area contributed by atoms with Crippen molar-refractivity contribution in [3.05, 3.63) is 69.2 Å². The van der Waals surface area contributed by atoms with Crippen molar-refractivity contribution in [2.45, 2.75) is 102 Å². The summed E-state index contributed by atoms with van der Waals surface area (Å²) in [5.74, 6) is 0.470. The largest absolute Gasteiger partial charge is 0.506 e. The Morgan fingerprint density at radius 1 is 1.10 bits per heavy atom. The van der Waals surface area contributed by atoms with E-state index in [1.165, 1.54) is 11.1 Å². The normalized spacial score (nSPS) is 19.4. The molecule has 3 amide bonds. The van der Waals surface area contributed by atoms with E-state index < -0.39 is 5.60 Å². The Morgan fingerprint density at radius 3 is 2.63 bits per heavy atom. The molecule has 3 fully saturated rings. The van der Waals surface area contributed by atoms with E-state index in [-0.39, 0.29) is 48.0 Å². The summed E-state index contributed by atoms with van der Waals surface area (Å²) in [5, 5.41) is 19.4. The summed E-state index contributed by atoms with van der Waals surface area (Å²) in [6.45, 7) is 10.6. The number of amides is 3. The highest BCUT2D eigenvalue weighted by Gasteiger charge is 2.43. The quantitative estimate of drug-likeness (QED) is 0.0958. The smallest absolute Gasteiger partial charge is 0.273 e. The van der Waals surface area contributed by atoms with E-state index in [1.807, 2.05) is 16.3 Å². The minimum atomic E-state index is -0.631. The van der Waals surface area contributed by atoms with Gasteiger partial charge in [0.25, 0.3) is 11.8 Å². The van der Waals surface area contributed by atoms with E-state index in [1.54, 1.807) is 17.4 Å². The first kappa shape index (κ1) is 43.0. The molecule has 3 aliphatic heterocycles. The van der Waals surface area contributed by atoms with Gasteiger partial charge in [0, 0.05) is 37.5 Å². The van der Waals surface area contributed by atoms with E-state index in [2.05, 4.69) is 58.6 Å². The molecular weight excluding hydrogens is 769 g/mol. The Kier molecular flexibility index (Phi) is 14.2. The molecule has 3 aromatic rings. The Hall–Kier alpha value is -4.08. The number of primary amides is 1. The summed E-state index contributed by atoms with van der Waals surface area (Å²) in [7, 11) is 0. The number of piperidine rings is 1. The van der Waals surface area contributed by atoms with Crippen LogP contribution in [0.5, 0.6) is 11.5 Å². The fourth-order valence-corrected chi connectivity index (χ4v) is 10.2. The standard InChI is InChI=1S/C45H62N6O7S/c1-31(2)42-48-36(29-59-42)43(55)51-23-25-57-44(30-51)16-21-50(22-17-44)20-13-32-6-5-7-33(26-32)14-24-58-45(27-38(46)53,35-8-3-4-9-35)15-19-47-18-12-34-10-11-37(52)40-41(34)56-28-39(54)49-40/h5-7,10-11,26,29,31,35,47,52H,3-4,8-9,12-25,27-28,30H2,1-2H3,(H2,46,53)(H,49,54). The second-order valence-corrected chi connectivity index (χ2v) is 18.1. The number of fused-ring (bicyclic) bond motifs is 1. The van der Waals surface area contributed by atoms with E-state index in [4.69, 9.17) is 19.9 Å². The zero-order chi connectivity index (χ0) is 41.4. The Morgan fingerprint density at radius 2 is 1.88 bits per heavy atom. The number of aromatic hydroxyl groups is 1. The van der Waals surface area contributed by atoms with E-state index in [0.717, 1.165) is 81.6 Å². The molecule has 7 rings (SSSR count). The third kappa shape index (κ3) is 10.8. The van der Waals surface area contributed by atoms with E-state index in [9.17, 15) is 19.5 Å². The number of benzene rings is 2. The van der Waals surface area contributed by atoms with Gasteiger partial charge in [-0.3, -0.25) is 14.4 Å². The number of likely N-dealkylation sites (tertiary alicyclic amines) is 1. The number of carbonyl (C=O) groups excluding carboxylic acids is 3. The summed E-state index contributed by atoms with van der Waals surface area (Å²) in [4.78, 5) is 46.8. The van der Waals surface area contributed by atoms with Crippen LogP contribution in [0.4, 0.5) is 5.69 Å². The minimum Gasteiger partial charge on any atom is -0.506 e. The molecular formula is C45H62N6O7S. The number of anilines is 1. The molecule has 4 heterocycles. The van der Waals surface area contributed by atoms with Gasteiger partial charge in [-0.1, -0.05) is 57.0 Å². The van der Waals surface area contributed by atoms with Crippen LogP contribution >= 0.6 is 11.3 Å². The lowest BCUT2D eigenvalue weighted by Crippen LogP contribution is -2.58. The number of nitrogens with zero attached hydrogens (tertiary/aromatic N) is 3. The summed E-state index contributed by atoms with van der Waals surface area (Å²) < 4.78 is 18.9. The van der Waals surface area contributed by atoms with Gasteiger partial charge in [-0.05, 0) is 93.1 Å². The van der Waals surface area contributed by atoms with Crippen molar-refractivity contribution < 1.29 is 33.7 Å². The number of hydrogen-bond acceptors (Lipinski definition) is 11. The van der Waals surface area contributed by atoms with Crippen LogP contribution in [0, 0.1) is 5.92 Å². The van der Waals surface area contributed by atoms with E-state index in [0.29, 0.717) is 75.3 Å². The maximum atomic E-state index is 13.3. The average Bonchev–Trinajstić information content (AvgIpc) is 3.96. The second kappa shape index (κ2) is 19.5. The van der Waals surface area contributed by atoms with Gasteiger partial charge in [0.1, 0.15) is 17.1 Å². The van der Waals surface area contributed by atoms with Crippen LogP contribution in [0.15, 0.2) is 41.8 Å². The third-order valence-electron chi connectivity index (χ3n) is 12.7. The molecule has 320 valence electrons. The monoisotopic (exact) mass is 830 g/mol. The van der Waals surface area contributed by atoms with Gasteiger partial charge in [-0.2, -0.15) is 0 Å². The summed E-state index contributed by atoms with van der Waals surface area (Å²) in [5.41, 5.74) is 9.26. The van der Waals surface area contributed by atoms with Gasteiger partial charge in [-0.15, -0.1) is 11.3 Å². The highest BCUT2D eigenvalue weighted by atomic mass is 32.1. The van der Waals surface area contributed by atoms with Gasteiger partial charge in [0.15, 0.2) is 12.4 Å². The van der Waals surface area contributed by atoms with Crippen molar-refractivity contribution in [1.82, 2.24) is 20.1 Å². The fraction of sp³-hybridized carbons (Fsp3) is 0.600. The number of morpholine rings is 1. The second-order valence-electron chi connectivity index (χ2n) is 17.2. The summed E-state index contributed by atoms with van der Waals surface area (Å²) in [6, 6.07) is 12.2. The maximum Gasteiger partial charge on any atom is 0.273 e. The van der Waals surface area contributed by atoms with Crippen molar-refractivity contribution in [1.29, 1.82) is 0 Å². The zero-order valence-electron chi connectivity index (χ0n) is 34.8. The van der Waals surface area contributed by atoms with E-state index >= 15 is 0 Å². The van der Waals surface area contributed by atoms with Crippen LogP contribution in [0.2, 0.25) is 0 Å². The Bertz CT molecular complexity index is 1920. The summed E-state index contributed by atoms with van der Waals surface area (Å²) >= 11 is 1.56. The van der Waals surface area contributed by atoms with Crippen molar-refractivity contribution in [3.63, 3.8) is 0 Å². The molecule has 14 heteroatoms. The van der Waals surface area contributed by atoms with Crippen LogP contribution in [-0.2, 0) is 38.3 Å². The van der Waals surface area contributed by atoms with Crippen molar-refractivity contribution >= 4 is 34.7 Å². The van der Waals surface area contributed by atoms with Gasteiger partial charge < -0.3 is 45.5 Å². The molecule has 2 aromatic carbocycles. The molecule has 4 aliphatic rings. The average molecular weight is 831 g/mol. The Balaban J connectivity index is 0.882. The molecule has 1 unspecified atom stereocenters. The number of phenols is 1. The van der Waals surface area contributed by atoms with Crippen molar-refractivity contribution in [2.24, 2.45) is 11.7 Å². The number of phenolic OH excluding ortho intramolecular Hbond substituents is 1. The molecule has 1 aromatic heterocycles. The number of nitrogens with one attached hydrogen (secondary N) is 2. The first-order valence-corrected chi connectivity index (χ1v) is 22.5. The molecule has 1 atom stereocenters. The number of carbonyl (C=O) groups is 3. The highest BCUT2D eigenvalue weighted by molar-refractivity contribution is 7.09. The molecule has 1 aliphatic carbocycles. The molecule has 1 saturated carbocycles. The van der Waals surface area contributed by atoms with Gasteiger partial charge in [0.05, 0.1) is 42.4 Å². The highest BCUT2D eigenvalue weighted by Crippen LogP contribution is 2.42. The lowest BCUT2D eigenvalue weighted by Gasteiger charge is -2.47. The van der Waals surface area contributed by atoms with Crippen molar-refractivity contribution in [3.8, 4) is 11.5 Å². The third-order valence-corrected chi connectivity index (χ3v) is 13.9. The van der Waals surface area contributed by atoms with Gasteiger partial charge in [0.2, 0.25) is 5.91 Å². The predicted octanol–water partition coefficient (Wildman–Crippen LogP) is 5.44. The molecule has 5 N–H and O–H groups in total. The number of rotatable bonds is 18. The maximum absolute atomic E-state index is 13.3. The first-order valence-electron chi connectivity index (χ1n) is 21.6. The van der Waals surface area contributed by atoms with Crippen LogP contribution in [0.1, 0.15) is 103 Å². The lowest BCUT2D eigenvalue weighted by atomic mass is 9.80. The molecule has 2 saturated heterocycles. The summed E-state index contributed by atoms with van der Waals surface area (Å²) in [6.07, 6.45) is 9.31. The number of hydrogen-bond donors (Lipinski definition) is 4. The van der Waals surface area contributed by atoms with Crippen LogP contribution in [0.25, 0.3) is 0 Å². The predicted molar refractivity (Wildman–Crippen MR) is 228 cm³/mol. The van der Waals surface area contributed by atoms with Gasteiger partial charge >= 0.3 is 0 Å². The lowest BCUT2D eigenvalue weighted by molar-refractivity contribution is -0.134. The van der Waals surface area contributed by atoms with Crippen molar-refractivity contribution in [2.75, 3.05) is 71.0 Å². The number of thiazole rings is 1. The fourth-order valence-electron chi connectivity index (χ4n) is 9.40. The number of aromatic nitrogens is 1. The van der Waals surface area contributed by atoms with Crippen LogP contribution in [0.3, 0.4) is 0 Å². The molecule has 1 spiro atoms. The van der Waals surface area contributed by atoms with Gasteiger partial charge in [-0.25, -0.2) is 4.98 Å². The topological polar surface area (TPSA) is 169 Å². The molecule has 13 nitrogen and oxygen atoms in total. The van der Waals surface area contributed by atoms with Crippen LogP contribution in [-0.4, -0.2) is 114 Å². The first-order chi connectivity index (χ1) is 28.5. The SMILES string of the molecule is CC(C)c1nc(C(=O)N2CCOC3(CCN(CCc4cccc(CCOC(CCNCCc5ccc(O)c6c5OCC(=O)N6)(CC(N)=O)C5CCCC5)c4)CC3)C2)cs1.